The summed E-state index contributed by atoms with van der Waals surface area (Å²) in [6.45, 7) is -1.36. The minimum Gasteiger partial charge on any atom is -0.246 e. The fraction of sp³-hybridized carbons (Fsp3) is 0.250. The van der Waals surface area contributed by atoms with Crippen LogP contribution in [0.4, 0.5) is 8.78 Å². The maximum Gasteiger partial charge on any atom is 0.115 e. The molecule has 1 aromatic carbocycles. The third-order valence-electron chi connectivity index (χ3n) is 1.50. The summed E-state index contributed by atoms with van der Waals surface area (Å²) >= 11 is 0.674. The van der Waals surface area contributed by atoms with Crippen LogP contribution in [0.2, 0.25) is 0 Å². The van der Waals surface area contributed by atoms with E-state index in [-0.39, 0.29) is 0 Å². The maximum atomic E-state index is 12.3. The maximum absolute atomic E-state index is 12.3. The Morgan fingerprint density at radius 2 is 1.71 bits per heavy atom. The average Bonchev–Trinajstić information content (AvgIpc) is 2.25. The Hall–Kier alpha value is -0.690. The predicted molar refractivity (Wildman–Crippen MR) is 46.7 cm³/mol. The molecule has 0 radical (unpaired) electrons. The van der Waals surface area contributed by atoms with Crippen LogP contribution in [0.5, 0.6) is 0 Å². The summed E-state index contributed by atoms with van der Waals surface area (Å²) in [7, 11) is 0. The van der Waals surface area contributed by atoms with Crippen molar-refractivity contribution in [1.82, 2.24) is 0 Å². The van der Waals surface area contributed by atoms with E-state index in [2.05, 4.69) is 9.37 Å². The first-order valence-corrected chi connectivity index (χ1v) is 4.44. The Morgan fingerprint density at radius 3 is 2.14 bits per heavy atom. The highest BCUT2D eigenvalue weighted by Crippen LogP contribution is 2.23. The van der Waals surface area contributed by atoms with E-state index >= 15 is 0 Å². The molecule has 0 spiro atoms. The van der Waals surface area contributed by atoms with Crippen LogP contribution in [0.15, 0.2) is 23.1 Å². The summed E-state index contributed by atoms with van der Waals surface area (Å²) in [5, 5.41) is 11.3. The quantitative estimate of drug-likeness (QED) is 0.472. The van der Waals surface area contributed by atoms with Crippen LogP contribution in [0.3, 0.4) is 0 Å². The summed E-state index contributed by atoms with van der Waals surface area (Å²) in [5.74, 6) is 0. The van der Waals surface area contributed by atoms with Gasteiger partial charge >= 0.3 is 0 Å². The van der Waals surface area contributed by atoms with E-state index in [4.69, 9.17) is 5.26 Å². The molecule has 1 rings (SSSR count). The predicted octanol–water partition coefficient (Wildman–Crippen LogP) is 3.05. The molecule has 3 nitrogen and oxygen atoms in total. The van der Waals surface area contributed by atoms with E-state index in [1.54, 1.807) is 0 Å². The lowest BCUT2D eigenvalue weighted by molar-refractivity contribution is -0.432. The van der Waals surface area contributed by atoms with Crippen LogP contribution in [-0.2, 0) is 22.7 Å². The van der Waals surface area contributed by atoms with Crippen molar-refractivity contribution < 1.29 is 23.4 Å². The smallest absolute Gasteiger partial charge is 0.115 e. The van der Waals surface area contributed by atoms with Gasteiger partial charge in [-0.15, -0.1) is 4.33 Å². The van der Waals surface area contributed by atoms with Crippen molar-refractivity contribution in [3.8, 4) is 0 Å². The molecule has 1 N–H and O–H groups in total. The van der Waals surface area contributed by atoms with Gasteiger partial charge in [0, 0.05) is 4.90 Å². The highest BCUT2D eigenvalue weighted by Gasteiger charge is 2.03. The van der Waals surface area contributed by atoms with Crippen molar-refractivity contribution in [2.24, 2.45) is 0 Å². The van der Waals surface area contributed by atoms with Crippen molar-refractivity contribution in [3.05, 3.63) is 29.3 Å². The Balaban J connectivity index is 2.81. The van der Waals surface area contributed by atoms with Gasteiger partial charge in [-0.25, -0.2) is 14.0 Å². The minimum absolute atomic E-state index is 0.351. The number of rotatable bonds is 5. The first kappa shape index (κ1) is 11.4. The molecule has 0 bridgehead atoms. The molecule has 0 aliphatic carbocycles. The third-order valence-corrected chi connectivity index (χ3v) is 2.05. The molecule has 0 saturated heterocycles. The second-order valence-corrected chi connectivity index (χ2v) is 3.25. The number of hydrogen-bond donors (Lipinski definition) is 1. The summed E-state index contributed by atoms with van der Waals surface area (Å²) < 4.78 is 28.7. The topological polar surface area (TPSA) is 38.7 Å². The van der Waals surface area contributed by atoms with Gasteiger partial charge in [0.05, 0.1) is 12.0 Å². The first-order chi connectivity index (χ1) is 6.80. The number of benzene rings is 1. The summed E-state index contributed by atoms with van der Waals surface area (Å²) in [4.78, 5) is 0.460. The SMILES string of the molecule is OOOSc1cc(CF)cc(CF)c1. The Labute approximate surface area is 83.7 Å². The zero-order chi connectivity index (χ0) is 10.4. The Kier molecular flexibility index (Phi) is 4.81. The van der Waals surface area contributed by atoms with Gasteiger partial charge in [-0.05, 0) is 23.3 Å². The van der Waals surface area contributed by atoms with Gasteiger partial charge in [0.1, 0.15) is 13.3 Å². The third kappa shape index (κ3) is 3.22. The number of alkyl halides is 2. The Morgan fingerprint density at radius 1 is 1.14 bits per heavy atom. The lowest BCUT2D eigenvalue weighted by atomic mass is 10.1. The average molecular weight is 222 g/mol. The first-order valence-electron chi connectivity index (χ1n) is 3.69. The van der Waals surface area contributed by atoms with Crippen molar-refractivity contribution >= 4 is 12.0 Å². The minimum atomic E-state index is -0.679. The second-order valence-electron chi connectivity index (χ2n) is 2.48. The van der Waals surface area contributed by atoms with Gasteiger partial charge in [-0.3, -0.25) is 0 Å². The summed E-state index contributed by atoms with van der Waals surface area (Å²) in [6.07, 6.45) is 0. The fourth-order valence-corrected chi connectivity index (χ4v) is 1.49. The number of hydrogen-bond acceptors (Lipinski definition) is 4. The molecule has 0 aliphatic rings. The van der Waals surface area contributed by atoms with E-state index in [0.717, 1.165) is 0 Å². The molecule has 0 saturated carbocycles. The van der Waals surface area contributed by atoms with Gasteiger partial charge in [0.25, 0.3) is 0 Å². The highest BCUT2D eigenvalue weighted by atomic mass is 32.2. The second kappa shape index (κ2) is 5.92. The zero-order valence-corrected chi connectivity index (χ0v) is 7.89. The van der Waals surface area contributed by atoms with E-state index in [1.165, 1.54) is 18.2 Å². The molecule has 0 atom stereocenters. The lowest BCUT2D eigenvalue weighted by Gasteiger charge is -2.03. The molecule has 0 aliphatic heterocycles. The van der Waals surface area contributed by atoms with E-state index in [0.29, 0.717) is 28.1 Å². The molecule has 0 fully saturated rings. The van der Waals surface area contributed by atoms with Crippen LogP contribution in [0, 0.1) is 0 Å². The van der Waals surface area contributed by atoms with Crippen LogP contribution < -0.4 is 0 Å². The van der Waals surface area contributed by atoms with Crippen molar-refractivity contribution in [2.75, 3.05) is 0 Å². The molecule has 0 aromatic heterocycles. The standard InChI is InChI=1S/C8H8F2O3S/c9-4-6-1-7(5-10)3-8(2-6)14-13-12-11/h1-3,11H,4-5H2. The fourth-order valence-electron chi connectivity index (χ4n) is 0.985. The largest absolute Gasteiger partial charge is 0.246 e. The molecule has 0 amide bonds. The van der Waals surface area contributed by atoms with E-state index in [9.17, 15) is 8.78 Å². The summed E-state index contributed by atoms with van der Waals surface area (Å²) in [6, 6.07) is 4.37. The normalized spacial score (nSPS) is 10.5. The van der Waals surface area contributed by atoms with Gasteiger partial charge in [-0.1, -0.05) is 11.1 Å². The molecule has 6 heteroatoms. The molecule has 14 heavy (non-hydrogen) atoms. The van der Waals surface area contributed by atoms with Crippen LogP contribution >= 0.6 is 12.0 Å². The monoisotopic (exact) mass is 222 g/mol. The Bertz CT molecular complexity index is 274. The summed E-state index contributed by atoms with van der Waals surface area (Å²) in [5.41, 5.74) is 0.702. The van der Waals surface area contributed by atoms with Gasteiger partial charge in [0.15, 0.2) is 0 Å². The van der Waals surface area contributed by atoms with Crippen molar-refractivity contribution in [3.63, 3.8) is 0 Å². The lowest BCUT2D eigenvalue weighted by Crippen LogP contribution is -1.87. The molecule has 1 aromatic rings. The van der Waals surface area contributed by atoms with Gasteiger partial charge < -0.3 is 0 Å². The zero-order valence-electron chi connectivity index (χ0n) is 7.07. The van der Waals surface area contributed by atoms with E-state index in [1.807, 2.05) is 0 Å². The van der Waals surface area contributed by atoms with Crippen LogP contribution in [0.25, 0.3) is 0 Å². The number of halogens is 2. The van der Waals surface area contributed by atoms with Crippen LogP contribution in [0.1, 0.15) is 11.1 Å². The van der Waals surface area contributed by atoms with Gasteiger partial charge in [-0.2, -0.15) is 0 Å². The van der Waals surface area contributed by atoms with Crippen molar-refractivity contribution in [1.29, 1.82) is 0 Å². The highest BCUT2D eigenvalue weighted by molar-refractivity contribution is 7.94. The molecule has 0 heterocycles. The van der Waals surface area contributed by atoms with Crippen molar-refractivity contribution in [2.45, 2.75) is 18.2 Å². The molecular formula is C8H8F2O3S. The molecular weight excluding hydrogens is 214 g/mol. The van der Waals surface area contributed by atoms with Gasteiger partial charge in [0.2, 0.25) is 0 Å². The van der Waals surface area contributed by atoms with Crippen LogP contribution in [-0.4, -0.2) is 5.26 Å². The molecule has 78 valence electrons. The van der Waals surface area contributed by atoms with E-state index < -0.39 is 13.3 Å². The molecule has 0 unspecified atom stereocenters.